The van der Waals surface area contributed by atoms with Gasteiger partial charge < -0.3 is 10.0 Å². The van der Waals surface area contributed by atoms with Crippen LogP contribution in [0.5, 0.6) is 0 Å². The number of amides is 3. The number of carbonyl (C=O) groups excluding carboxylic acids is 3. The van der Waals surface area contributed by atoms with Crippen molar-refractivity contribution in [1.29, 1.82) is 0 Å². The summed E-state index contributed by atoms with van der Waals surface area (Å²) >= 11 is 0. The SMILES string of the molecule is Cc1ccc2c(c1)C(=O)N(C(C)C(=O)N1CCC[C@H](C(=O)O)[C@@H]1C)C2=O. The van der Waals surface area contributed by atoms with Crippen molar-refractivity contribution in [2.24, 2.45) is 5.92 Å². The molecule has 7 nitrogen and oxygen atoms in total. The van der Waals surface area contributed by atoms with Crippen LogP contribution in [0.1, 0.15) is 53.0 Å². The molecule has 7 heteroatoms. The van der Waals surface area contributed by atoms with E-state index >= 15 is 0 Å². The minimum absolute atomic E-state index is 0.301. The number of nitrogens with zero attached hydrogens (tertiary/aromatic N) is 2. The molecule has 1 aromatic carbocycles. The largest absolute Gasteiger partial charge is 0.481 e. The summed E-state index contributed by atoms with van der Waals surface area (Å²) in [5.74, 6) is -2.92. The summed E-state index contributed by atoms with van der Waals surface area (Å²) in [6, 6.07) is 3.55. The highest BCUT2D eigenvalue weighted by Gasteiger charge is 2.44. The van der Waals surface area contributed by atoms with Crippen LogP contribution in [0.15, 0.2) is 18.2 Å². The molecule has 1 fully saturated rings. The second-order valence-electron chi connectivity index (χ2n) is 7.06. The van der Waals surface area contributed by atoms with E-state index in [-0.39, 0.29) is 0 Å². The molecule has 138 valence electrons. The summed E-state index contributed by atoms with van der Waals surface area (Å²) in [7, 11) is 0. The van der Waals surface area contributed by atoms with Crippen LogP contribution < -0.4 is 0 Å². The van der Waals surface area contributed by atoms with Gasteiger partial charge in [0.25, 0.3) is 11.8 Å². The summed E-state index contributed by atoms with van der Waals surface area (Å²) < 4.78 is 0. The van der Waals surface area contributed by atoms with E-state index in [2.05, 4.69) is 0 Å². The average molecular weight is 358 g/mol. The molecule has 3 rings (SSSR count). The Labute approximate surface area is 151 Å². The lowest BCUT2D eigenvalue weighted by molar-refractivity contribution is -0.150. The number of imide groups is 1. The van der Waals surface area contributed by atoms with Gasteiger partial charge in [-0.25, -0.2) is 0 Å². The first kappa shape index (κ1) is 18.1. The molecule has 0 saturated carbocycles. The zero-order valence-electron chi connectivity index (χ0n) is 15.1. The highest BCUT2D eigenvalue weighted by molar-refractivity contribution is 6.22. The number of hydrogen-bond donors (Lipinski definition) is 1. The zero-order chi connectivity index (χ0) is 19.2. The number of carbonyl (C=O) groups is 4. The van der Waals surface area contributed by atoms with E-state index in [1.807, 2.05) is 6.92 Å². The summed E-state index contributed by atoms with van der Waals surface area (Å²) in [4.78, 5) is 52.1. The van der Waals surface area contributed by atoms with E-state index in [4.69, 9.17) is 0 Å². The maximum absolute atomic E-state index is 13.0. The number of hydrogen-bond acceptors (Lipinski definition) is 4. The van der Waals surface area contributed by atoms with Crippen molar-refractivity contribution in [1.82, 2.24) is 9.80 Å². The van der Waals surface area contributed by atoms with Crippen molar-refractivity contribution in [2.75, 3.05) is 6.54 Å². The predicted molar refractivity (Wildman–Crippen MR) is 92.7 cm³/mol. The molecule has 0 spiro atoms. The lowest BCUT2D eigenvalue weighted by Gasteiger charge is -2.39. The molecule has 0 aromatic heterocycles. The number of likely N-dealkylation sites (tertiary alicyclic amines) is 1. The van der Waals surface area contributed by atoms with Crippen LogP contribution in [-0.4, -0.2) is 57.2 Å². The third-order valence-corrected chi connectivity index (χ3v) is 5.41. The number of carboxylic acids is 1. The van der Waals surface area contributed by atoms with Gasteiger partial charge in [0.1, 0.15) is 6.04 Å². The minimum atomic E-state index is -0.974. The van der Waals surface area contributed by atoms with E-state index in [1.54, 1.807) is 25.1 Å². The van der Waals surface area contributed by atoms with Crippen LogP contribution in [-0.2, 0) is 9.59 Å². The van der Waals surface area contributed by atoms with Gasteiger partial charge in [0, 0.05) is 12.6 Å². The first-order valence-electron chi connectivity index (χ1n) is 8.76. The minimum Gasteiger partial charge on any atom is -0.481 e. The van der Waals surface area contributed by atoms with Crippen LogP contribution >= 0.6 is 0 Å². The second kappa shape index (κ2) is 6.55. The van der Waals surface area contributed by atoms with Crippen molar-refractivity contribution < 1.29 is 24.3 Å². The Bertz CT molecular complexity index is 803. The number of piperidine rings is 1. The second-order valence-corrected chi connectivity index (χ2v) is 7.06. The van der Waals surface area contributed by atoms with Crippen LogP contribution in [0.25, 0.3) is 0 Å². The maximum atomic E-state index is 13.0. The molecular formula is C19H22N2O5. The van der Waals surface area contributed by atoms with E-state index in [0.717, 1.165) is 10.5 Å². The van der Waals surface area contributed by atoms with Gasteiger partial charge in [-0.1, -0.05) is 11.6 Å². The Kier molecular flexibility index (Phi) is 4.56. The molecule has 0 aliphatic carbocycles. The molecule has 3 atom stereocenters. The quantitative estimate of drug-likeness (QED) is 0.830. The van der Waals surface area contributed by atoms with Crippen LogP contribution in [0.2, 0.25) is 0 Å². The highest BCUT2D eigenvalue weighted by Crippen LogP contribution is 2.29. The number of rotatable bonds is 3. The van der Waals surface area contributed by atoms with Gasteiger partial charge >= 0.3 is 5.97 Å². The van der Waals surface area contributed by atoms with Gasteiger partial charge in [-0.3, -0.25) is 24.1 Å². The smallest absolute Gasteiger partial charge is 0.308 e. The van der Waals surface area contributed by atoms with E-state index in [0.29, 0.717) is 30.5 Å². The lowest BCUT2D eigenvalue weighted by Crippen LogP contribution is -2.56. The Morgan fingerprint density at radius 2 is 1.85 bits per heavy atom. The number of aryl methyl sites for hydroxylation is 1. The molecule has 2 aliphatic heterocycles. The number of benzene rings is 1. The third-order valence-electron chi connectivity index (χ3n) is 5.41. The molecule has 2 heterocycles. The van der Waals surface area contributed by atoms with Gasteiger partial charge in [0.05, 0.1) is 17.0 Å². The fourth-order valence-corrected chi connectivity index (χ4v) is 3.86. The van der Waals surface area contributed by atoms with Crippen LogP contribution in [0.3, 0.4) is 0 Å². The zero-order valence-corrected chi connectivity index (χ0v) is 15.1. The molecule has 26 heavy (non-hydrogen) atoms. The van der Waals surface area contributed by atoms with Crippen molar-refractivity contribution in [3.63, 3.8) is 0 Å². The standard InChI is InChI=1S/C19H22N2O5/c1-10-6-7-14-15(9-10)18(24)21(17(14)23)12(3)16(22)20-8-4-5-13(11(20)2)19(25)26/h6-7,9,11-13H,4-5,8H2,1-3H3,(H,25,26)/t11-,12?,13-/m0/s1. The molecule has 0 radical (unpaired) electrons. The summed E-state index contributed by atoms with van der Waals surface area (Å²) in [5.41, 5.74) is 1.47. The topological polar surface area (TPSA) is 95.0 Å². The fourth-order valence-electron chi connectivity index (χ4n) is 3.86. The first-order chi connectivity index (χ1) is 12.2. The Morgan fingerprint density at radius 3 is 2.50 bits per heavy atom. The van der Waals surface area contributed by atoms with Gasteiger partial charge in [-0.2, -0.15) is 0 Å². The maximum Gasteiger partial charge on any atom is 0.308 e. The normalized spacial score (nSPS) is 23.8. The van der Waals surface area contributed by atoms with E-state index in [1.165, 1.54) is 11.8 Å². The van der Waals surface area contributed by atoms with Crippen molar-refractivity contribution >= 4 is 23.7 Å². The van der Waals surface area contributed by atoms with E-state index in [9.17, 15) is 24.3 Å². The number of fused-ring (bicyclic) bond motifs is 1. The van der Waals surface area contributed by atoms with Gasteiger partial charge in [-0.15, -0.1) is 0 Å². The predicted octanol–water partition coefficient (Wildman–Crippen LogP) is 1.69. The van der Waals surface area contributed by atoms with Crippen molar-refractivity contribution in [3.8, 4) is 0 Å². The van der Waals surface area contributed by atoms with E-state index < -0.39 is 41.7 Å². The molecule has 3 amide bonds. The Hall–Kier alpha value is -2.70. The Morgan fingerprint density at radius 1 is 1.19 bits per heavy atom. The molecule has 0 bridgehead atoms. The average Bonchev–Trinajstić information content (AvgIpc) is 2.84. The lowest BCUT2D eigenvalue weighted by atomic mass is 9.90. The van der Waals surface area contributed by atoms with Crippen molar-refractivity contribution in [2.45, 2.75) is 45.7 Å². The van der Waals surface area contributed by atoms with Gasteiger partial charge in [-0.05, 0) is 45.7 Å². The molecular weight excluding hydrogens is 336 g/mol. The molecule has 1 aromatic rings. The highest BCUT2D eigenvalue weighted by atomic mass is 16.4. The van der Waals surface area contributed by atoms with Gasteiger partial charge in [0.15, 0.2) is 0 Å². The van der Waals surface area contributed by atoms with Crippen LogP contribution in [0, 0.1) is 12.8 Å². The number of carboxylic acid groups (broad SMARTS) is 1. The van der Waals surface area contributed by atoms with Crippen LogP contribution in [0.4, 0.5) is 0 Å². The summed E-state index contributed by atoms with van der Waals surface area (Å²) in [5, 5.41) is 9.33. The summed E-state index contributed by atoms with van der Waals surface area (Å²) in [6.45, 7) is 5.48. The molecule has 1 N–H and O–H groups in total. The van der Waals surface area contributed by atoms with Crippen molar-refractivity contribution in [3.05, 3.63) is 34.9 Å². The Balaban J connectivity index is 1.84. The fraction of sp³-hybridized carbons (Fsp3) is 0.474. The first-order valence-corrected chi connectivity index (χ1v) is 8.76. The third kappa shape index (κ3) is 2.77. The number of aliphatic carboxylic acids is 1. The molecule has 2 aliphatic rings. The van der Waals surface area contributed by atoms with Gasteiger partial charge in [0.2, 0.25) is 5.91 Å². The molecule has 1 unspecified atom stereocenters. The monoisotopic (exact) mass is 358 g/mol. The molecule has 1 saturated heterocycles. The summed E-state index contributed by atoms with van der Waals surface area (Å²) in [6.07, 6.45) is 1.10.